The topological polar surface area (TPSA) is 47.7 Å². The second-order valence-electron chi connectivity index (χ2n) is 4.34. The van der Waals surface area contributed by atoms with E-state index in [4.69, 9.17) is 15.2 Å². The Labute approximate surface area is 102 Å². The molecule has 94 valence electrons. The van der Waals surface area contributed by atoms with Gasteiger partial charge in [-0.25, -0.2) is 0 Å². The van der Waals surface area contributed by atoms with Crippen molar-refractivity contribution in [2.24, 2.45) is 0 Å². The van der Waals surface area contributed by atoms with E-state index in [-0.39, 0.29) is 0 Å². The Hall–Kier alpha value is -1.42. The number of anilines is 2. The average Bonchev–Trinajstić information content (AvgIpc) is 3.16. The van der Waals surface area contributed by atoms with Gasteiger partial charge in [0, 0.05) is 31.5 Å². The largest absolute Gasteiger partial charge is 0.495 e. The maximum Gasteiger partial charge on any atom is 0.143 e. The second kappa shape index (κ2) is 5.27. The van der Waals surface area contributed by atoms with Gasteiger partial charge in [0.2, 0.25) is 0 Å². The quantitative estimate of drug-likeness (QED) is 0.766. The van der Waals surface area contributed by atoms with Crippen molar-refractivity contribution in [3.05, 3.63) is 18.2 Å². The highest BCUT2D eigenvalue weighted by molar-refractivity contribution is 5.63. The zero-order chi connectivity index (χ0) is 12.3. The van der Waals surface area contributed by atoms with Crippen molar-refractivity contribution >= 4 is 11.4 Å². The molecule has 0 radical (unpaired) electrons. The number of hydrogen-bond acceptors (Lipinski definition) is 4. The van der Waals surface area contributed by atoms with Gasteiger partial charge in [0.25, 0.3) is 0 Å². The smallest absolute Gasteiger partial charge is 0.143 e. The fourth-order valence-corrected chi connectivity index (χ4v) is 1.98. The Morgan fingerprint density at radius 3 is 2.71 bits per heavy atom. The van der Waals surface area contributed by atoms with Crippen molar-refractivity contribution in [3.63, 3.8) is 0 Å². The third-order valence-corrected chi connectivity index (χ3v) is 3.07. The van der Waals surface area contributed by atoms with E-state index in [1.165, 1.54) is 12.8 Å². The number of nitrogens with two attached hydrogens (primary N) is 1. The molecule has 0 bridgehead atoms. The number of benzene rings is 1. The lowest BCUT2D eigenvalue weighted by Gasteiger charge is -2.25. The van der Waals surface area contributed by atoms with Crippen molar-refractivity contribution in [2.45, 2.75) is 18.9 Å². The fraction of sp³-hybridized carbons (Fsp3) is 0.538. The molecule has 0 saturated heterocycles. The summed E-state index contributed by atoms with van der Waals surface area (Å²) in [7, 11) is 3.38. The molecule has 1 aromatic carbocycles. The van der Waals surface area contributed by atoms with E-state index in [1.807, 2.05) is 18.2 Å². The molecule has 0 atom stereocenters. The van der Waals surface area contributed by atoms with Crippen LogP contribution in [0.1, 0.15) is 12.8 Å². The first-order valence-electron chi connectivity index (χ1n) is 5.95. The van der Waals surface area contributed by atoms with Crippen LogP contribution in [0.2, 0.25) is 0 Å². The summed E-state index contributed by atoms with van der Waals surface area (Å²) in [5.41, 5.74) is 7.67. The van der Waals surface area contributed by atoms with Crippen LogP contribution < -0.4 is 15.4 Å². The number of hydrogen-bond donors (Lipinski definition) is 1. The normalized spacial score (nSPS) is 14.7. The monoisotopic (exact) mass is 236 g/mol. The molecule has 0 unspecified atom stereocenters. The van der Waals surface area contributed by atoms with Gasteiger partial charge in [-0.15, -0.1) is 0 Å². The van der Waals surface area contributed by atoms with Crippen LogP contribution >= 0.6 is 0 Å². The molecule has 2 rings (SSSR count). The summed E-state index contributed by atoms with van der Waals surface area (Å²) in [4.78, 5) is 2.37. The number of rotatable bonds is 6. The Morgan fingerprint density at radius 1 is 1.35 bits per heavy atom. The maximum atomic E-state index is 5.82. The third kappa shape index (κ3) is 2.82. The van der Waals surface area contributed by atoms with E-state index in [0.717, 1.165) is 24.6 Å². The van der Waals surface area contributed by atoms with Crippen LogP contribution in [-0.4, -0.2) is 33.4 Å². The van der Waals surface area contributed by atoms with E-state index in [9.17, 15) is 0 Å². The molecule has 0 aromatic heterocycles. The Morgan fingerprint density at radius 2 is 2.12 bits per heavy atom. The van der Waals surface area contributed by atoms with Gasteiger partial charge < -0.3 is 20.1 Å². The van der Waals surface area contributed by atoms with E-state index < -0.39 is 0 Å². The molecular formula is C13H20N2O2. The third-order valence-electron chi connectivity index (χ3n) is 3.07. The zero-order valence-electron chi connectivity index (χ0n) is 10.5. The number of nitrogen functional groups attached to an aromatic ring is 1. The summed E-state index contributed by atoms with van der Waals surface area (Å²) in [5.74, 6) is 0.741. The first-order valence-corrected chi connectivity index (χ1v) is 5.95. The van der Waals surface area contributed by atoms with E-state index >= 15 is 0 Å². The Bertz CT molecular complexity index is 378. The molecule has 1 aliphatic rings. The molecule has 0 amide bonds. The number of methoxy groups -OCH3 is 2. The van der Waals surface area contributed by atoms with Gasteiger partial charge >= 0.3 is 0 Å². The lowest BCUT2D eigenvalue weighted by molar-refractivity contribution is 0.205. The Kier molecular flexibility index (Phi) is 3.74. The van der Waals surface area contributed by atoms with Gasteiger partial charge in [0.05, 0.1) is 19.4 Å². The van der Waals surface area contributed by atoms with Crippen LogP contribution in [-0.2, 0) is 4.74 Å². The standard InChI is InChI=1S/C13H20N2O2/c1-16-8-7-15(10-3-4-10)11-5-6-12(14)13(9-11)17-2/h5-6,9-10H,3-4,7-8,14H2,1-2H3. The fourth-order valence-electron chi connectivity index (χ4n) is 1.98. The minimum Gasteiger partial charge on any atom is -0.495 e. The van der Waals surface area contributed by atoms with Gasteiger partial charge in [-0.05, 0) is 25.0 Å². The molecular weight excluding hydrogens is 216 g/mol. The van der Waals surface area contributed by atoms with Gasteiger partial charge in [-0.3, -0.25) is 0 Å². The number of nitrogens with zero attached hydrogens (tertiary/aromatic N) is 1. The predicted octanol–water partition coefficient (Wildman–Crippen LogP) is 1.89. The van der Waals surface area contributed by atoms with Crippen molar-refractivity contribution in [1.82, 2.24) is 0 Å². The molecule has 0 spiro atoms. The van der Waals surface area contributed by atoms with Gasteiger partial charge in [-0.2, -0.15) is 0 Å². The van der Waals surface area contributed by atoms with Crippen molar-refractivity contribution in [3.8, 4) is 5.75 Å². The molecule has 1 fully saturated rings. The molecule has 4 heteroatoms. The first kappa shape index (κ1) is 12.0. The molecule has 1 aliphatic carbocycles. The predicted molar refractivity (Wildman–Crippen MR) is 69.7 cm³/mol. The highest BCUT2D eigenvalue weighted by atomic mass is 16.5. The van der Waals surface area contributed by atoms with E-state index in [0.29, 0.717) is 11.7 Å². The zero-order valence-corrected chi connectivity index (χ0v) is 10.5. The van der Waals surface area contributed by atoms with Gasteiger partial charge in [-0.1, -0.05) is 0 Å². The summed E-state index contributed by atoms with van der Waals surface area (Å²) in [6.07, 6.45) is 2.52. The number of ether oxygens (including phenoxy) is 2. The van der Waals surface area contributed by atoms with Crippen LogP contribution in [0.5, 0.6) is 5.75 Å². The minimum absolute atomic E-state index is 0.651. The molecule has 0 aliphatic heterocycles. The summed E-state index contributed by atoms with van der Waals surface area (Å²) in [6.45, 7) is 1.65. The molecule has 0 heterocycles. The summed E-state index contributed by atoms with van der Waals surface area (Å²) in [5, 5.41) is 0. The molecule has 17 heavy (non-hydrogen) atoms. The van der Waals surface area contributed by atoms with Crippen LogP contribution in [0.4, 0.5) is 11.4 Å². The lowest BCUT2D eigenvalue weighted by Crippen LogP contribution is -2.29. The van der Waals surface area contributed by atoms with E-state index in [2.05, 4.69) is 4.90 Å². The van der Waals surface area contributed by atoms with E-state index in [1.54, 1.807) is 14.2 Å². The van der Waals surface area contributed by atoms with Gasteiger partial charge in [0.15, 0.2) is 0 Å². The summed E-state index contributed by atoms with van der Waals surface area (Å²) < 4.78 is 10.4. The first-order chi connectivity index (χ1) is 8.26. The molecule has 1 saturated carbocycles. The van der Waals surface area contributed by atoms with Crippen LogP contribution in [0.25, 0.3) is 0 Å². The maximum absolute atomic E-state index is 5.82. The molecule has 4 nitrogen and oxygen atoms in total. The van der Waals surface area contributed by atoms with Crippen LogP contribution in [0, 0.1) is 0 Å². The van der Waals surface area contributed by atoms with Crippen molar-refractivity contribution in [2.75, 3.05) is 38.0 Å². The van der Waals surface area contributed by atoms with Crippen molar-refractivity contribution in [1.29, 1.82) is 0 Å². The SMILES string of the molecule is COCCN(c1ccc(N)c(OC)c1)C1CC1. The highest BCUT2D eigenvalue weighted by Gasteiger charge is 2.29. The Balaban J connectivity index is 2.16. The second-order valence-corrected chi connectivity index (χ2v) is 4.34. The lowest BCUT2D eigenvalue weighted by atomic mass is 10.2. The molecule has 2 N–H and O–H groups in total. The van der Waals surface area contributed by atoms with Crippen LogP contribution in [0.15, 0.2) is 18.2 Å². The minimum atomic E-state index is 0.651. The van der Waals surface area contributed by atoms with Crippen molar-refractivity contribution < 1.29 is 9.47 Å². The molecule has 1 aromatic rings. The average molecular weight is 236 g/mol. The summed E-state index contributed by atoms with van der Waals surface area (Å²) >= 11 is 0. The van der Waals surface area contributed by atoms with Gasteiger partial charge in [0.1, 0.15) is 5.75 Å². The van der Waals surface area contributed by atoms with Crippen LogP contribution in [0.3, 0.4) is 0 Å². The highest BCUT2D eigenvalue weighted by Crippen LogP contribution is 2.34. The summed E-state index contributed by atoms with van der Waals surface area (Å²) in [6, 6.07) is 6.60.